The third kappa shape index (κ3) is 6.92. The van der Waals surface area contributed by atoms with Crippen molar-refractivity contribution in [1.29, 1.82) is 0 Å². The van der Waals surface area contributed by atoms with Crippen molar-refractivity contribution in [3.8, 4) is 0 Å². The molecule has 130 valence electrons. The average molecular weight is 339 g/mol. The molecular weight excluding hydrogens is 308 g/mol. The van der Waals surface area contributed by atoms with Crippen molar-refractivity contribution in [2.75, 3.05) is 19.6 Å². The Morgan fingerprint density at radius 2 is 1.83 bits per heavy atom. The average Bonchev–Trinajstić information content (AvgIpc) is 2.47. The Hall–Kier alpha value is -1.06. The first-order valence-corrected chi connectivity index (χ1v) is 8.59. The van der Waals surface area contributed by atoms with E-state index in [1.54, 1.807) is 0 Å². The molecule has 1 aliphatic rings. The molecule has 1 aliphatic heterocycles. The highest BCUT2D eigenvalue weighted by Gasteiger charge is 2.21. The van der Waals surface area contributed by atoms with Crippen LogP contribution >= 0.6 is 12.4 Å². The van der Waals surface area contributed by atoms with Crippen molar-refractivity contribution < 1.29 is 4.79 Å². The summed E-state index contributed by atoms with van der Waals surface area (Å²) in [6.07, 6.45) is 3.99. The number of piperidine rings is 1. The van der Waals surface area contributed by atoms with E-state index in [1.807, 2.05) is 0 Å². The molecule has 1 amide bonds. The lowest BCUT2D eigenvalue weighted by molar-refractivity contribution is -0.122. The molecule has 1 fully saturated rings. The number of rotatable bonds is 6. The van der Waals surface area contributed by atoms with Crippen molar-refractivity contribution in [1.82, 2.24) is 10.6 Å². The predicted octanol–water partition coefficient (Wildman–Crippen LogP) is 3.41. The van der Waals surface area contributed by atoms with Crippen LogP contribution in [-0.4, -0.2) is 25.5 Å². The molecule has 1 atom stereocenters. The van der Waals surface area contributed by atoms with Gasteiger partial charge in [-0.1, -0.05) is 36.2 Å². The maximum Gasteiger partial charge on any atom is 0.220 e. The van der Waals surface area contributed by atoms with Gasteiger partial charge in [0.25, 0.3) is 0 Å². The number of amides is 1. The molecule has 1 unspecified atom stereocenters. The number of nitrogens with one attached hydrogen (secondary N) is 2. The molecule has 0 spiro atoms. The minimum Gasteiger partial charge on any atom is -0.356 e. The number of hydrogen-bond acceptors (Lipinski definition) is 2. The van der Waals surface area contributed by atoms with Gasteiger partial charge in [-0.2, -0.15) is 0 Å². The van der Waals surface area contributed by atoms with Crippen LogP contribution in [0.1, 0.15) is 42.9 Å². The Bertz CT molecular complexity index is 478. The van der Waals surface area contributed by atoms with E-state index in [-0.39, 0.29) is 18.3 Å². The minimum atomic E-state index is 0. The minimum absolute atomic E-state index is 0. The molecule has 2 N–H and O–H groups in total. The van der Waals surface area contributed by atoms with Gasteiger partial charge in [0.2, 0.25) is 5.91 Å². The number of carbonyl (C=O) groups excluding carboxylic acids is 1. The van der Waals surface area contributed by atoms with Gasteiger partial charge < -0.3 is 10.6 Å². The first kappa shape index (κ1) is 20.0. The largest absolute Gasteiger partial charge is 0.356 e. The summed E-state index contributed by atoms with van der Waals surface area (Å²) < 4.78 is 0. The summed E-state index contributed by atoms with van der Waals surface area (Å²) in [6.45, 7) is 9.40. The van der Waals surface area contributed by atoms with E-state index < -0.39 is 0 Å². The number of aryl methyl sites for hydroxylation is 2. The van der Waals surface area contributed by atoms with Gasteiger partial charge >= 0.3 is 0 Å². The number of carbonyl (C=O) groups is 1. The first-order valence-electron chi connectivity index (χ1n) is 8.59. The van der Waals surface area contributed by atoms with Gasteiger partial charge in [0.15, 0.2) is 0 Å². The summed E-state index contributed by atoms with van der Waals surface area (Å²) in [5.41, 5.74) is 3.89. The molecule has 4 heteroatoms. The van der Waals surface area contributed by atoms with Crippen LogP contribution in [0.15, 0.2) is 18.2 Å². The van der Waals surface area contributed by atoms with E-state index in [1.165, 1.54) is 29.5 Å². The quantitative estimate of drug-likeness (QED) is 0.834. The van der Waals surface area contributed by atoms with Crippen molar-refractivity contribution in [2.45, 2.75) is 46.5 Å². The molecule has 0 radical (unpaired) electrons. The number of halogens is 1. The lowest BCUT2D eigenvalue weighted by Crippen LogP contribution is -2.34. The molecule has 0 saturated carbocycles. The van der Waals surface area contributed by atoms with Gasteiger partial charge in [0.05, 0.1) is 0 Å². The van der Waals surface area contributed by atoms with Gasteiger partial charge in [0, 0.05) is 13.0 Å². The molecule has 0 aliphatic carbocycles. The zero-order chi connectivity index (χ0) is 15.9. The smallest absolute Gasteiger partial charge is 0.220 e. The van der Waals surface area contributed by atoms with Crippen LogP contribution in [0.25, 0.3) is 0 Å². The summed E-state index contributed by atoms with van der Waals surface area (Å²) >= 11 is 0. The van der Waals surface area contributed by atoms with Crippen molar-refractivity contribution in [3.63, 3.8) is 0 Å². The van der Waals surface area contributed by atoms with Crippen LogP contribution in [0.2, 0.25) is 0 Å². The highest BCUT2D eigenvalue weighted by Crippen LogP contribution is 2.24. The van der Waals surface area contributed by atoms with Crippen molar-refractivity contribution in [2.24, 2.45) is 11.8 Å². The number of benzene rings is 1. The molecule has 1 aromatic carbocycles. The van der Waals surface area contributed by atoms with Crippen molar-refractivity contribution in [3.05, 3.63) is 34.9 Å². The van der Waals surface area contributed by atoms with E-state index in [0.29, 0.717) is 18.3 Å². The van der Waals surface area contributed by atoms with Crippen LogP contribution in [0, 0.1) is 25.7 Å². The summed E-state index contributed by atoms with van der Waals surface area (Å²) in [5.74, 6) is 1.39. The van der Waals surface area contributed by atoms with E-state index in [0.717, 1.165) is 26.1 Å². The lowest BCUT2D eigenvalue weighted by Gasteiger charge is -2.27. The highest BCUT2D eigenvalue weighted by molar-refractivity contribution is 5.85. The molecule has 23 heavy (non-hydrogen) atoms. The van der Waals surface area contributed by atoms with Gasteiger partial charge in [-0.3, -0.25) is 4.79 Å². The topological polar surface area (TPSA) is 41.1 Å². The van der Waals surface area contributed by atoms with Crippen LogP contribution < -0.4 is 10.6 Å². The Morgan fingerprint density at radius 3 is 2.43 bits per heavy atom. The Balaban J connectivity index is 0.00000264. The van der Waals surface area contributed by atoms with Gasteiger partial charge in [-0.05, 0) is 63.6 Å². The summed E-state index contributed by atoms with van der Waals surface area (Å²) in [4.78, 5) is 12.1. The van der Waals surface area contributed by atoms with E-state index in [4.69, 9.17) is 0 Å². The van der Waals surface area contributed by atoms with E-state index >= 15 is 0 Å². The maximum absolute atomic E-state index is 12.1. The third-order valence-electron chi connectivity index (χ3n) is 4.71. The highest BCUT2D eigenvalue weighted by atomic mass is 35.5. The predicted molar refractivity (Wildman–Crippen MR) is 99.3 cm³/mol. The molecule has 1 saturated heterocycles. The van der Waals surface area contributed by atoms with Gasteiger partial charge in [0.1, 0.15) is 0 Å². The molecular formula is C19H31ClN2O. The molecule has 1 aromatic rings. The zero-order valence-electron chi connectivity index (χ0n) is 14.7. The maximum atomic E-state index is 12.1. The van der Waals surface area contributed by atoms with Gasteiger partial charge in [-0.25, -0.2) is 0 Å². The van der Waals surface area contributed by atoms with Crippen LogP contribution in [0.3, 0.4) is 0 Å². The second-order valence-electron chi connectivity index (χ2n) is 6.86. The monoisotopic (exact) mass is 338 g/mol. The standard InChI is InChI=1S/C19H30N2O.ClH/c1-14-10-15(2)12-17(11-14)4-9-21-19(22)13-16(3)18-5-7-20-8-6-18;/h10-12,16,18,20H,4-9,13H2,1-3H3,(H,21,22);1H. The molecule has 1 heterocycles. The summed E-state index contributed by atoms with van der Waals surface area (Å²) in [5, 5.41) is 6.47. The second-order valence-corrected chi connectivity index (χ2v) is 6.86. The van der Waals surface area contributed by atoms with Crippen LogP contribution in [-0.2, 0) is 11.2 Å². The SMILES string of the molecule is Cc1cc(C)cc(CCNC(=O)CC(C)C2CCNCC2)c1.Cl. The van der Waals surface area contributed by atoms with Crippen LogP contribution in [0.4, 0.5) is 0 Å². The summed E-state index contributed by atoms with van der Waals surface area (Å²) in [6, 6.07) is 6.59. The zero-order valence-corrected chi connectivity index (χ0v) is 15.5. The Kier molecular flexibility index (Phi) is 8.64. The second kappa shape index (κ2) is 9.94. The normalized spacial score (nSPS) is 16.5. The van der Waals surface area contributed by atoms with E-state index in [9.17, 15) is 4.79 Å². The molecule has 0 bridgehead atoms. The van der Waals surface area contributed by atoms with Crippen LogP contribution in [0.5, 0.6) is 0 Å². The lowest BCUT2D eigenvalue weighted by atomic mass is 9.84. The third-order valence-corrected chi connectivity index (χ3v) is 4.71. The van der Waals surface area contributed by atoms with Gasteiger partial charge in [-0.15, -0.1) is 12.4 Å². The fraction of sp³-hybridized carbons (Fsp3) is 0.632. The molecule has 2 rings (SSSR count). The van der Waals surface area contributed by atoms with Crippen molar-refractivity contribution >= 4 is 18.3 Å². The first-order chi connectivity index (χ1) is 10.5. The fourth-order valence-electron chi connectivity index (χ4n) is 3.50. The molecule has 3 nitrogen and oxygen atoms in total. The molecule has 0 aromatic heterocycles. The Morgan fingerprint density at radius 1 is 1.22 bits per heavy atom. The summed E-state index contributed by atoms with van der Waals surface area (Å²) in [7, 11) is 0. The number of hydrogen-bond donors (Lipinski definition) is 2. The van der Waals surface area contributed by atoms with E-state index in [2.05, 4.69) is 49.6 Å². The fourth-order valence-corrected chi connectivity index (χ4v) is 3.50. The Labute approximate surface area is 147 Å².